The van der Waals surface area contributed by atoms with Gasteiger partial charge in [-0.2, -0.15) is 0 Å². The fraction of sp³-hybridized carbons (Fsp3) is 0. The first kappa shape index (κ1) is 21.0. The van der Waals surface area contributed by atoms with E-state index in [0.717, 1.165) is 49.4 Å². The summed E-state index contributed by atoms with van der Waals surface area (Å²) >= 11 is 0. The van der Waals surface area contributed by atoms with Crippen LogP contribution < -0.4 is 0 Å². The van der Waals surface area contributed by atoms with Gasteiger partial charge in [-0.05, 0) is 50.7 Å². The third-order valence-corrected chi connectivity index (χ3v) is 7.57. The number of rotatable bonds is 2. The Kier molecular flexibility index (Phi) is 4.52. The first-order valence-corrected chi connectivity index (χ1v) is 12.8. The third kappa shape index (κ3) is 3.06. The van der Waals surface area contributed by atoms with Crippen LogP contribution in [0, 0.1) is 0 Å². The van der Waals surface area contributed by atoms with E-state index in [9.17, 15) is 0 Å². The highest BCUT2D eigenvalue weighted by Gasteiger charge is 2.19. The number of fused-ring (bicyclic) bond motifs is 6. The molecule has 8 rings (SSSR count). The van der Waals surface area contributed by atoms with Gasteiger partial charge in [-0.15, -0.1) is 0 Å². The predicted molar refractivity (Wildman–Crippen MR) is 158 cm³/mol. The van der Waals surface area contributed by atoms with E-state index in [-0.39, 0.29) is 0 Å². The molecule has 0 spiro atoms. The molecule has 0 aliphatic rings. The summed E-state index contributed by atoms with van der Waals surface area (Å²) in [6, 6.07) is 38.5. The van der Waals surface area contributed by atoms with Crippen molar-refractivity contribution in [2.45, 2.75) is 0 Å². The summed E-state index contributed by atoms with van der Waals surface area (Å²) in [6.07, 6.45) is 5.63. The van der Waals surface area contributed by atoms with Crippen LogP contribution in [0.2, 0.25) is 0 Å². The minimum Gasteiger partial charge on any atom is -0.264 e. The van der Waals surface area contributed by atoms with E-state index < -0.39 is 0 Å². The zero-order valence-corrected chi connectivity index (χ0v) is 20.5. The first-order chi connectivity index (χ1) is 18.9. The van der Waals surface area contributed by atoms with Crippen LogP contribution in [0.1, 0.15) is 0 Å². The second kappa shape index (κ2) is 8.19. The average Bonchev–Trinajstić information content (AvgIpc) is 2.99. The molecular formula is C35H21N3. The minimum absolute atomic E-state index is 0.938. The first-order valence-electron chi connectivity index (χ1n) is 12.8. The maximum Gasteiger partial charge on any atom is 0.0803 e. The van der Waals surface area contributed by atoms with Crippen molar-refractivity contribution >= 4 is 54.1 Å². The summed E-state index contributed by atoms with van der Waals surface area (Å²) in [5.74, 6) is 0. The van der Waals surface area contributed by atoms with Crippen molar-refractivity contribution in [2.24, 2.45) is 0 Å². The largest absolute Gasteiger partial charge is 0.264 e. The molecule has 0 aliphatic carbocycles. The highest BCUT2D eigenvalue weighted by atomic mass is 14.7. The van der Waals surface area contributed by atoms with Crippen molar-refractivity contribution in [2.75, 3.05) is 0 Å². The van der Waals surface area contributed by atoms with Crippen molar-refractivity contribution < 1.29 is 0 Å². The van der Waals surface area contributed by atoms with Gasteiger partial charge in [0.1, 0.15) is 0 Å². The molecule has 8 aromatic rings. The van der Waals surface area contributed by atoms with Crippen molar-refractivity contribution in [3.05, 3.63) is 128 Å². The zero-order valence-electron chi connectivity index (χ0n) is 20.5. The standard InChI is InChI=1S/C35H21N3/c1-2-9-25-22(7-1)8-5-12-26(25)33-28-11-4-3-10-27(28)32(29-13-6-19-37-35(29)33)31-17-16-24-15-14-23-18-20-36-21-30(23)34(24)38-31/h1-21H. The molecule has 0 fully saturated rings. The highest BCUT2D eigenvalue weighted by Crippen LogP contribution is 2.44. The summed E-state index contributed by atoms with van der Waals surface area (Å²) in [4.78, 5) is 14.6. The van der Waals surface area contributed by atoms with Gasteiger partial charge in [-0.1, -0.05) is 91.0 Å². The van der Waals surface area contributed by atoms with Crippen molar-refractivity contribution in [1.82, 2.24) is 15.0 Å². The average molecular weight is 484 g/mol. The zero-order chi connectivity index (χ0) is 25.1. The van der Waals surface area contributed by atoms with Gasteiger partial charge in [-0.25, -0.2) is 4.98 Å². The van der Waals surface area contributed by atoms with Gasteiger partial charge in [0, 0.05) is 45.9 Å². The summed E-state index contributed by atoms with van der Waals surface area (Å²) in [5, 5.41) is 9.19. The number of hydrogen-bond acceptors (Lipinski definition) is 3. The molecule has 0 bridgehead atoms. The lowest BCUT2D eigenvalue weighted by molar-refractivity contribution is 1.36. The van der Waals surface area contributed by atoms with E-state index in [2.05, 4.69) is 102 Å². The topological polar surface area (TPSA) is 38.7 Å². The number of benzene rings is 5. The molecule has 0 radical (unpaired) electrons. The predicted octanol–water partition coefficient (Wildman–Crippen LogP) is 8.97. The maximum absolute atomic E-state index is 5.26. The Hall–Kier alpha value is -5.15. The Labute approximate surface area is 219 Å². The fourth-order valence-electron chi connectivity index (χ4n) is 5.88. The van der Waals surface area contributed by atoms with Crippen LogP contribution in [0.3, 0.4) is 0 Å². The molecule has 3 nitrogen and oxygen atoms in total. The van der Waals surface area contributed by atoms with Gasteiger partial charge in [0.25, 0.3) is 0 Å². The number of aromatic nitrogens is 3. The second-order valence-electron chi connectivity index (χ2n) is 9.65. The molecule has 38 heavy (non-hydrogen) atoms. The lowest BCUT2D eigenvalue weighted by Crippen LogP contribution is -1.95. The fourth-order valence-corrected chi connectivity index (χ4v) is 5.88. The van der Waals surface area contributed by atoms with E-state index in [1.54, 1.807) is 0 Å². The molecule has 0 atom stereocenters. The van der Waals surface area contributed by atoms with E-state index >= 15 is 0 Å². The van der Waals surface area contributed by atoms with Crippen molar-refractivity contribution in [3.63, 3.8) is 0 Å². The van der Waals surface area contributed by atoms with Gasteiger partial charge < -0.3 is 0 Å². The molecule has 3 heterocycles. The molecule has 0 saturated heterocycles. The lowest BCUT2D eigenvalue weighted by Gasteiger charge is -2.18. The molecule has 0 amide bonds. The van der Waals surface area contributed by atoms with E-state index in [0.29, 0.717) is 0 Å². The Morgan fingerprint density at radius 3 is 2.05 bits per heavy atom. The lowest BCUT2D eigenvalue weighted by atomic mass is 9.87. The molecule has 0 unspecified atom stereocenters. The Morgan fingerprint density at radius 2 is 1.13 bits per heavy atom. The summed E-state index contributed by atoms with van der Waals surface area (Å²) < 4.78 is 0. The summed E-state index contributed by atoms with van der Waals surface area (Å²) in [5.41, 5.74) is 6.35. The smallest absolute Gasteiger partial charge is 0.0803 e. The number of nitrogens with zero attached hydrogens (tertiary/aromatic N) is 3. The highest BCUT2D eigenvalue weighted by molar-refractivity contribution is 6.22. The maximum atomic E-state index is 5.26. The van der Waals surface area contributed by atoms with Crippen LogP contribution in [0.25, 0.3) is 76.5 Å². The molecular weight excluding hydrogens is 462 g/mol. The summed E-state index contributed by atoms with van der Waals surface area (Å²) in [7, 11) is 0. The van der Waals surface area contributed by atoms with Gasteiger partial charge in [0.15, 0.2) is 0 Å². The van der Waals surface area contributed by atoms with E-state index in [1.165, 1.54) is 27.1 Å². The van der Waals surface area contributed by atoms with E-state index in [4.69, 9.17) is 9.97 Å². The molecule has 5 aromatic carbocycles. The number of hydrogen-bond donors (Lipinski definition) is 0. The Balaban J connectivity index is 1.52. The molecule has 0 saturated carbocycles. The van der Waals surface area contributed by atoms with Crippen LogP contribution >= 0.6 is 0 Å². The SMILES string of the molecule is c1ccc2c(-c3c4ccccc4c(-c4ccc5ccc6ccncc6c5n4)c4cccnc34)cccc2c1. The monoisotopic (exact) mass is 483 g/mol. The molecule has 3 heteroatoms. The van der Waals surface area contributed by atoms with Crippen LogP contribution in [0.5, 0.6) is 0 Å². The Bertz CT molecular complexity index is 2130. The number of pyridine rings is 3. The third-order valence-electron chi connectivity index (χ3n) is 7.57. The Morgan fingerprint density at radius 1 is 0.421 bits per heavy atom. The van der Waals surface area contributed by atoms with Crippen molar-refractivity contribution in [1.29, 1.82) is 0 Å². The van der Waals surface area contributed by atoms with Gasteiger partial charge in [0.2, 0.25) is 0 Å². The minimum atomic E-state index is 0.938. The van der Waals surface area contributed by atoms with Crippen LogP contribution in [-0.4, -0.2) is 15.0 Å². The summed E-state index contributed by atoms with van der Waals surface area (Å²) in [6.45, 7) is 0. The molecule has 0 N–H and O–H groups in total. The molecule has 0 aliphatic heterocycles. The van der Waals surface area contributed by atoms with Crippen LogP contribution in [0.15, 0.2) is 128 Å². The molecule has 176 valence electrons. The van der Waals surface area contributed by atoms with E-state index in [1.807, 2.05) is 30.7 Å². The normalized spacial score (nSPS) is 11.7. The van der Waals surface area contributed by atoms with Crippen LogP contribution in [-0.2, 0) is 0 Å². The van der Waals surface area contributed by atoms with Gasteiger partial charge in [-0.3, -0.25) is 9.97 Å². The van der Waals surface area contributed by atoms with Gasteiger partial charge >= 0.3 is 0 Å². The molecule has 3 aromatic heterocycles. The van der Waals surface area contributed by atoms with Crippen molar-refractivity contribution in [3.8, 4) is 22.4 Å². The quantitative estimate of drug-likeness (QED) is 0.182. The van der Waals surface area contributed by atoms with Crippen LogP contribution in [0.4, 0.5) is 0 Å². The van der Waals surface area contributed by atoms with Gasteiger partial charge in [0.05, 0.1) is 16.7 Å². The second-order valence-corrected chi connectivity index (χ2v) is 9.65.